The van der Waals surface area contributed by atoms with Crippen LogP contribution in [-0.2, 0) is 11.3 Å². The molecule has 0 radical (unpaired) electrons. The first-order valence-electron chi connectivity index (χ1n) is 8.31. The van der Waals surface area contributed by atoms with E-state index in [0.29, 0.717) is 17.3 Å². The number of amides is 1. The van der Waals surface area contributed by atoms with Crippen molar-refractivity contribution in [2.45, 2.75) is 18.5 Å². The molecule has 0 saturated carbocycles. The fourth-order valence-electron chi connectivity index (χ4n) is 2.41. The largest absolute Gasteiger partial charge is 0.351 e. The average Bonchev–Trinajstić information content (AvgIpc) is 2.67. The first-order chi connectivity index (χ1) is 13.0. The molecular formula is C20H18ClN3O2S. The van der Waals surface area contributed by atoms with Gasteiger partial charge < -0.3 is 5.32 Å². The zero-order valence-corrected chi connectivity index (χ0v) is 16.3. The van der Waals surface area contributed by atoms with Gasteiger partial charge in [-0.1, -0.05) is 59.3 Å². The number of hydrogen-bond acceptors (Lipinski definition) is 4. The Balaban J connectivity index is 1.62. The normalized spacial score (nSPS) is 10.6. The Morgan fingerprint density at radius 3 is 2.74 bits per heavy atom. The van der Waals surface area contributed by atoms with Crippen molar-refractivity contribution in [3.05, 3.63) is 87.4 Å². The van der Waals surface area contributed by atoms with E-state index in [0.717, 1.165) is 17.3 Å². The van der Waals surface area contributed by atoms with Crippen LogP contribution in [0.4, 0.5) is 0 Å². The summed E-state index contributed by atoms with van der Waals surface area (Å²) >= 11 is 7.11. The van der Waals surface area contributed by atoms with Crippen molar-refractivity contribution in [2.24, 2.45) is 0 Å². The maximum atomic E-state index is 12.6. The van der Waals surface area contributed by atoms with Crippen LogP contribution in [0, 0.1) is 6.92 Å². The van der Waals surface area contributed by atoms with E-state index in [4.69, 9.17) is 11.6 Å². The summed E-state index contributed by atoms with van der Waals surface area (Å²) in [6.07, 6.45) is 3.12. The molecule has 138 valence electrons. The molecule has 0 spiro atoms. The van der Waals surface area contributed by atoms with E-state index in [9.17, 15) is 9.59 Å². The number of rotatable bonds is 6. The molecular weight excluding hydrogens is 382 g/mol. The van der Waals surface area contributed by atoms with Gasteiger partial charge in [0.15, 0.2) is 5.03 Å². The Hall–Kier alpha value is -2.57. The molecule has 2 aromatic carbocycles. The third-order valence-electron chi connectivity index (χ3n) is 3.85. The quantitative estimate of drug-likeness (QED) is 0.643. The van der Waals surface area contributed by atoms with Gasteiger partial charge in [-0.05, 0) is 30.7 Å². The van der Waals surface area contributed by atoms with Crippen LogP contribution in [-0.4, -0.2) is 21.2 Å². The van der Waals surface area contributed by atoms with Gasteiger partial charge in [0, 0.05) is 24.0 Å². The topological polar surface area (TPSA) is 64.0 Å². The Morgan fingerprint density at radius 2 is 2.00 bits per heavy atom. The number of aromatic nitrogens is 2. The molecule has 0 aliphatic carbocycles. The molecule has 1 heterocycles. The van der Waals surface area contributed by atoms with Crippen LogP contribution in [0.3, 0.4) is 0 Å². The van der Waals surface area contributed by atoms with Crippen molar-refractivity contribution in [3.8, 4) is 5.69 Å². The maximum absolute atomic E-state index is 12.6. The molecule has 0 aliphatic heterocycles. The SMILES string of the molecule is Cc1ccc(CNC(=O)CSc2nccn(-c3cccc(Cl)c3)c2=O)cc1. The Kier molecular flexibility index (Phi) is 6.32. The highest BCUT2D eigenvalue weighted by molar-refractivity contribution is 7.99. The van der Waals surface area contributed by atoms with Crippen LogP contribution < -0.4 is 10.9 Å². The zero-order chi connectivity index (χ0) is 19.2. The minimum absolute atomic E-state index is 0.119. The van der Waals surface area contributed by atoms with E-state index < -0.39 is 0 Å². The lowest BCUT2D eigenvalue weighted by Crippen LogP contribution is -2.26. The van der Waals surface area contributed by atoms with Crippen LogP contribution in [0.25, 0.3) is 5.69 Å². The standard InChI is InChI=1S/C20H18ClN3O2S/c1-14-5-7-15(8-6-14)12-23-18(25)13-27-19-20(26)24(10-9-22-19)17-4-2-3-16(21)11-17/h2-11H,12-13H2,1H3,(H,23,25). The highest BCUT2D eigenvalue weighted by Crippen LogP contribution is 2.15. The molecule has 0 bridgehead atoms. The number of benzene rings is 2. The third-order valence-corrected chi connectivity index (χ3v) is 5.04. The van der Waals surface area contributed by atoms with Gasteiger partial charge in [0.25, 0.3) is 5.56 Å². The predicted molar refractivity (Wildman–Crippen MR) is 109 cm³/mol. The van der Waals surface area contributed by atoms with Gasteiger partial charge in [-0.15, -0.1) is 0 Å². The first kappa shape index (κ1) is 19.2. The Labute approximate surface area is 166 Å². The van der Waals surface area contributed by atoms with Crippen LogP contribution >= 0.6 is 23.4 Å². The number of aryl methyl sites for hydroxylation is 1. The van der Waals surface area contributed by atoms with Crippen molar-refractivity contribution in [1.82, 2.24) is 14.9 Å². The summed E-state index contributed by atoms with van der Waals surface area (Å²) < 4.78 is 1.46. The second kappa shape index (κ2) is 8.88. The monoisotopic (exact) mass is 399 g/mol. The van der Waals surface area contributed by atoms with E-state index >= 15 is 0 Å². The predicted octanol–water partition coefficient (Wildman–Crippen LogP) is 3.60. The Morgan fingerprint density at radius 1 is 1.22 bits per heavy atom. The number of nitrogens with zero attached hydrogens (tertiary/aromatic N) is 2. The molecule has 1 amide bonds. The highest BCUT2D eigenvalue weighted by atomic mass is 35.5. The molecule has 0 fully saturated rings. The van der Waals surface area contributed by atoms with Gasteiger partial charge in [0.1, 0.15) is 0 Å². The van der Waals surface area contributed by atoms with Gasteiger partial charge in [0.05, 0.1) is 11.4 Å². The number of hydrogen-bond donors (Lipinski definition) is 1. The molecule has 0 atom stereocenters. The molecule has 3 aromatic rings. The summed E-state index contributed by atoms with van der Waals surface area (Å²) in [6.45, 7) is 2.47. The van der Waals surface area contributed by atoms with Crippen LogP contribution in [0.5, 0.6) is 0 Å². The first-order valence-corrected chi connectivity index (χ1v) is 9.68. The summed E-state index contributed by atoms with van der Waals surface area (Å²) in [5.74, 6) is -0.0341. The molecule has 1 N–H and O–H groups in total. The van der Waals surface area contributed by atoms with Gasteiger partial charge in [-0.25, -0.2) is 4.98 Å². The summed E-state index contributed by atoms with van der Waals surface area (Å²) in [6, 6.07) is 15.0. The minimum atomic E-state index is -0.281. The molecule has 5 nitrogen and oxygen atoms in total. The van der Waals surface area contributed by atoms with Gasteiger partial charge in [0.2, 0.25) is 5.91 Å². The fraction of sp³-hybridized carbons (Fsp3) is 0.150. The van der Waals surface area contributed by atoms with Crippen molar-refractivity contribution < 1.29 is 4.79 Å². The van der Waals surface area contributed by atoms with Crippen molar-refractivity contribution in [2.75, 3.05) is 5.75 Å². The molecule has 0 unspecified atom stereocenters. The van der Waals surface area contributed by atoms with Gasteiger partial charge in [-0.3, -0.25) is 14.2 Å². The van der Waals surface area contributed by atoms with Crippen LogP contribution in [0.1, 0.15) is 11.1 Å². The summed E-state index contributed by atoms with van der Waals surface area (Å²) in [7, 11) is 0. The molecule has 27 heavy (non-hydrogen) atoms. The number of nitrogens with one attached hydrogen (secondary N) is 1. The second-order valence-corrected chi connectivity index (χ2v) is 7.34. The maximum Gasteiger partial charge on any atom is 0.287 e. The van der Waals surface area contributed by atoms with Crippen LogP contribution in [0.15, 0.2) is 70.7 Å². The smallest absolute Gasteiger partial charge is 0.287 e. The summed E-state index contributed by atoms with van der Waals surface area (Å²) in [4.78, 5) is 28.8. The van der Waals surface area contributed by atoms with Crippen molar-refractivity contribution in [1.29, 1.82) is 0 Å². The fourth-order valence-corrected chi connectivity index (χ4v) is 3.33. The van der Waals surface area contributed by atoms with Gasteiger partial charge in [-0.2, -0.15) is 0 Å². The van der Waals surface area contributed by atoms with E-state index in [1.807, 2.05) is 31.2 Å². The molecule has 0 saturated heterocycles. The van der Waals surface area contributed by atoms with Crippen molar-refractivity contribution >= 4 is 29.3 Å². The molecule has 3 rings (SSSR count). The molecule has 1 aromatic heterocycles. The molecule has 0 aliphatic rings. The highest BCUT2D eigenvalue weighted by Gasteiger charge is 2.10. The number of carbonyl (C=O) groups excluding carboxylic acids is 1. The second-order valence-electron chi connectivity index (χ2n) is 5.94. The third kappa shape index (κ3) is 5.21. The summed E-state index contributed by atoms with van der Waals surface area (Å²) in [5, 5.41) is 3.66. The Bertz CT molecular complexity index is 1000. The number of thioether (sulfide) groups is 1. The minimum Gasteiger partial charge on any atom is -0.351 e. The lowest BCUT2D eigenvalue weighted by atomic mass is 10.1. The van der Waals surface area contributed by atoms with E-state index in [1.165, 1.54) is 16.3 Å². The number of carbonyl (C=O) groups is 1. The lowest BCUT2D eigenvalue weighted by Gasteiger charge is -2.08. The van der Waals surface area contributed by atoms with Crippen LogP contribution in [0.2, 0.25) is 5.02 Å². The van der Waals surface area contributed by atoms with E-state index in [1.54, 1.807) is 30.5 Å². The van der Waals surface area contributed by atoms with E-state index in [-0.39, 0.29) is 22.2 Å². The number of halogens is 1. The van der Waals surface area contributed by atoms with Crippen molar-refractivity contribution in [3.63, 3.8) is 0 Å². The van der Waals surface area contributed by atoms with E-state index in [2.05, 4.69) is 10.3 Å². The zero-order valence-electron chi connectivity index (χ0n) is 14.7. The summed E-state index contributed by atoms with van der Waals surface area (Å²) in [5.41, 5.74) is 2.57. The lowest BCUT2D eigenvalue weighted by molar-refractivity contribution is -0.118. The molecule has 7 heteroatoms. The average molecular weight is 400 g/mol. The van der Waals surface area contributed by atoms with Gasteiger partial charge >= 0.3 is 0 Å².